The average Bonchev–Trinajstić information content (AvgIpc) is 2.98. The standard InChI is InChI=1S/C15H22N2/c1-2-10-17(9-1)11-8-16-15-7-6-13-4-3-5-14(13)12-15/h6-7,12,16H,1-5,8-11H2. The van der Waals surface area contributed by atoms with Crippen LogP contribution in [-0.2, 0) is 12.8 Å². The average molecular weight is 230 g/mol. The maximum absolute atomic E-state index is 3.56. The number of hydrogen-bond acceptors (Lipinski definition) is 2. The van der Waals surface area contributed by atoms with E-state index in [-0.39, 0.29) is 0 Å². The van der Waals surface area contributed by atoms with E-state index in [1.165, 1.54) is 57.4 Å². The second-order valence-corrected chi connectivity index (χ2v) is 5.31. The molecule has 17 heavy (non-hydrogen) atoms. The third kappa shape index (κ3) is 2.63. The van der Waals surface area contributed by atoms with Crippen LogP contribution in [0, 0.1) is 0 Å². The molecule has 1 N–H and O–H groups in total. The number of benzene rings is 1. The van der Waals surface area contributed by atoms with Crippen molar-refractivity contribution < 1.29 is 0 Å². The summed E-state index contributed by atoms with van der Waals surface area (Å²) in [4.78, 5) is 2.56. The smallest absolute Gasteiger partial charge is 0.0343 e. The van der Waals surface area contributed by atoms with E-state index in [1.807, 2.05) is 0 Å². The van der Waals surface area contributed by atoms with Crippen molar-refractivity contribution in [1.82, 2.24) is 4.90 Å². The van der Waals surface area contributed by atoms with Gasteiger partial charge in [-0.15, -0.1) is 0 Å². The van der Waals surface area contributed by atoms with Crippen molar-refractivity contribution in [2.24, 2.45) is 0 Å². The summed E-state index contributed by atoms with van der Waals surface area (Å²) < 4.78 is 0. The molecule has 2 heteroatoms. The molecule has 0 radical (unpaired) electrons. The van der Waals surface area contributed by atoms with E-state index < -0.39 is 0 Å². The van der Waals surface area contributed by atoms with E-state index in [1.54, 1.807) is 11.1 Å². The molecular formula is C15H22N2. The molecular weight excluding hydrogens is 208 g/mol. The van der Waals surface area contributed by atoms with Gasteiger partial charge in [0, 0.05) is 18.8 Å². The Morgan fingerprint density at radius 1 is 1.00 bits per heavy atom. The molecule has 0 atom stereocenters. The molecule has 0 saturated carbocycles. The van der Waals surface area contributed by atoms with Crippen molar-refractivity contribution in [2.45, 2.75) is 32.1 Å². The van der Waals surface area contributed by atoms with Gasteiger partial charge in [-0.25, -0.2) is 0 Å². The number of nitrogens with one attached hydrogen (secondary N) is 1. The van der Waals surface area contributed by atoms with Gasteiger partial charge in [0.2, 0.25) is 0 Å². The van der Waals surface area contributed by atoms with Crippen molar-refractivity contribution in [3.63, 3.8) is 0 Å². The summed E-state index contributed by atoms with van der Waals surface area (Å²) in [7, 11) is 0. The van der Waals surface area contributed by atoms with Crippen molar-refractivity contribution in [2.75, 3.05) is 31.5 Å². The van der Waals surface area contributed by atoms with Gasteiger partial charge in [0.15, 0.2) is 0 Å². The van der Waals surface area contributed by atoms with Gasteiger partial charge in [-0.1, -0.05) is 6.07 Å². The molecule has 1 heterocycles. The summed E-state index contributed by atoms with van der Waals surface area (Å²) in [6, 6.07) is 6.90. The molecule has 1 aromatic rings. The monoisotopic (exact) mass is 230 g/mol. The molecule has 92 valence electrons. The fourth-order valence-electron chi connectivity index (χ4n) is 3.05. The second kappa shape index (κ2) is 5.09. The molecule has 0 unspecified atom stereocenters. The van der Waals surface area contributed by atoms with Crippen LogP contribution in [0.5, 0.6) is 0 Å². The van der Waals surface area contributed by atoms with E-state index >= 15 is 0 Å². The molecule has 0 bridgehead atoms. The zero-order valence-corrected chi connectivity index (χ0v) is 10.5. The van der Waals surface area contributed by atoms with Crippen LogP contribution in [0.15, 0.2) is 18.2 Å². The van der Waals surface area contributed by atoms with Gasteiger partial charge in [-0.3, -0.25) is 0 Å². The lowest BCUT2D eigenvalue weighted by Gasteiger charge is -2.15. The van der Waals surface area contributed by atoms with Gasteiger partial charge < -0.3 is 10.2 Å². The van der Waals surface area contributed by atoms with Crippen molar-refractivity contribution in [3.05, 3.63) is 29.3 Å². The number of hydrogen-bond donors (Lipinski definition) is 1. The predicted molar refractivity (Wildman–Crippen MR) is 72.6 cm³/mol. The van der Waals surface area contributed by atoms with Gasteiger partial charge in [0.05, 0.1) is 0 Å². The van der Waals surface area contributed by atoms with Gasteiger partial charge in [-0.2, -0.15) is 0 Å². The number of likely N-dealkylation sites (tertiary alicyclic amines) is 1. The molecule has 2 nitrogen and oxygen atoms in total. The Bertz CT molecular complexity index is 381. The molecule has 0 amide bonds. The van der Waals surface area contributed by atoms with Gasteiger partial charge in [-0.05, 0) is 68.5 Å². The lowest BCUT2D eigenvalue weighted by molar-refractivity contribution is 0.352. The first kappa shape index (κ1) is 11.1. The number of anilines is 1. The molecule has 1 aromatic carbocycles. The molecule has 1 fully saturated rings. The van der Waals surface area contributed by atoms with Crippen molar-refractivity contribution in [1.29, 1.82) is 0 Å². The Balaban J connectivity index is 1.51. The third-order valence-electron chi connectivity index (χ3n) is 4.05. The Kier molecular flexibility index (Phi) is 3.32. The van der Waals surface area contributed by atoms with E-state index in [4.69, 9.17) is 0 Å². The SMILES string of the molecule is c1cc2c(cc1NCCN1CCCC1)CCC2. The molecule has 1 aliphatic carbocycles. The minimum absolute atomic E-state index is 1.08. The van der Waals surface area contributed by atoms with Crippen LogP contribution >= 0.6 is 0 Å². The predicted octanol–water partition coefficient (Wildman–Crippen LogP) is 2.68. The molecule has 1 aliphatic heterocycles. The Morgan fingerprint density at radius 2 is 1.82 bits per heavy atom. The van der Waals surface area contributed by atoms with Gasteiger partial charge >= 0.3 is 0 Å². The number of fused-ring (bicyclic) bond motifs is 1. The quantitative estimate of drug-likeness (QED) is 0.855. The van der Waals surface area contributed by atoms with Crippen LogP contribution in [0.4, 0.5) is 5.69 Å². The van der Waals surface area contributed by atoms with Crippen LogP contribution in [0.1, 0.15) is 30.4 Å². The fourth-order valence-corrected chi connectivity index (χ4v) is 3.05. The Labute approximate surface area is 104 Å². The van der Waals surface area contributed by atoms with E-state index in [2.05, 4.69) is 28.4 Å². The highest BCUT2D eigenvalue weighted by atomic mass is 15.1. The molecule has 1 saturated heterocycles. The maximum atomic E-state index is 3.56. The summed E-state index contributed by atoms with van der Waals surface area (Å²) in [5.41, 5.74) is 4.44. The highest BCUT2D eigenvalue weighted by molar-refractivity contribution is 5.50. The van der Waals surface area contributed by atoms with Crippen LogP contribution in [0.3, 0.4) is 0 Å². The molecule has 2 aliphatic rings. The number of aryl methyl sites for hydroxylation is 2. The highest BCUT2D eigenvalue weighted by Crippen LogP contribution is 2.24. The van der Waals surface area contributed by atoms with Crippen LogP contribution < -0.4 is 5.32 Å². The third-order valence-corrected chi connectivity index (χ3v) is 4.05. The number of nitrogens with zero attached hydrogens (tertiary/aromatic N) is 1. The first-order valence-corrected chi connectivity index (χ1v) is 7.00. The van der Waals surface area contributed by atoms with Crippen LogP contribution in [0.25, 0.3) is 0 Å². The first-order chi connectivity index (χ1) is 8.42. The van der Waals surface area contributed by atoms with Gasteiger partial charge in [0.25, 0.3) is 0 Å². The zero-order chi connectivity index (χ0) is 11.5. The zero-order valence-electron chi connectivity index (χ0n) is 10.5. The van der Waals surface area contributed by atoms with Crippen molar-refractivity contribution >= 4 is 5.69 Å². The topological polar surface area (TPSA) is 15.3 Å². The molecule has 0 aromatic heterocycles. The lowest BCUT2D eigenvalue weighted by Crippen LogP contribution is -2.25. The number of rotatable bonds is 4. The fraction of sp³-hybridized carbons (Fsp3) is 0.600. The molecule has 3 rings (SSSR count). The summed E-state index contributed by atoms with van der Waals surface area (Å²) in [6.45, 7) is 4.87. The largest absolute Gasteiger partial charge is 0.384 e. The minimum atomic E-state index is 1.08. The summed E-state index contributed by atoms with van der Waals surface area (Å²) >= 11 is 0. The Morgan fingerprint density at radius 3 is 2.71 bits per heavy atom. The summed E-state index contributed by atoms with van der Waals surface area (Å²) in [5.74, 6) is 0. The van der Waals surface area contributed by atoms with Crippen LogP contribution in [0.2, 0.25) is 0 Å². The van der Waals surface area contributed by atoms with E-state index in [0.717, 1.165) is 6.54 Å². The Hall–Kier alpha value is -1.02. The summed E-state index contributed by atoms with van der Waals surface area (Å²) in [6.07, 6.45) is 6.67. The van der Waals surface area contributed by atoms with Crippen LogP contribution in [-0.4, -0.2) is 31.1 Å². The lowest BCUT2D eigenvalue weighted by atomic mass is 10.1. The van der Waals surface area contributed by atoms with Gasteiger partial charge in [0.1, 0.15) is 0 Å². The normalized spacial score (nSPS) is 19.5. The minimum Gasteiger partial charge on any atom is -0.384 e. The van der Waals surface area contributed by atoms with E-state index in [9.17, 15) is 0 Å². The van der Waals surface area contributed by atoms with Crippen molar-refractivity contribution in [3.8, 4) is 0 Å². The van der Waals surface area contributed by atoms with E-state index in [0.29, 0.717) is 0 Å². The first-order valence-electron chi connectivity index (χ1n) is 7.00. The molecule has 0 spiro atoms. The highest BCUT2D eigenvalue weighted by Gasteiger charge is 2.12. The second-order valence-electron chi connectivity index (χ2n) is 5.31. The summed E-state index contributed by atoms with van der Waals surface area (Å²) in [5, 5.41) is 3.56. The maximum Gasteiger partial charge on any atom is 0.0343 e.